The van der Waals surface area contributed by atoms with Gasteiger partial charge in [-0.25, -0.2) is 19.5 Å². The van der Waals surface area contributed by atoms with Crippen molar-refractivity contribution in [3.8, 4) is 0 Å². The van der Waals surface area contributed by atoms with E-state index < -0.39 is 96.6 Å². The molecule has 50 heavy (non-hydrogen) atoms. The van der Waals surface area contributed by atoms with Crippen molar-refractivity contribution in [2.45, 2.75) is 85.1 Å². The molecule has 2 N–H and O–H groups in total. The number of ether oxygens (including phenoxy) is 2. The smallest absolute Gasteiger partial charge is 0.368 e. The third-order valence-corrected chi connectivity index (χ3v) is 8.63. The minimum atomic E-state index is -8.78. The fourth-order valence-electron chi connectivity index (χ4n) is 4.81. The number of anilines is 1. The molecule has 5 atom stereocenters. The first-order valence-electron chi connectivity index (χ1n) is 12.9. The second kappa shape index (κ2) is 11.6. The summed E-state index contributed by atoms with van der Waals surface area (Å²) in [5, 5.41) is 0.161. The molecular formula is C21H17F17N5O6P. The highest BCUT2D eigenvalue weighted by molar-refractivity contribution is 7.47. The van der Waals surface area contributed by atoms with Crippen LogP contribution in [-0.2, 0) is 23.1 Å². The number of nitrogens with one attached hydrogen (secondary N) is 1. The molecule has 2 aromatic heterocycles. The Morgan fingerprint density at radius 3 is 1.90 bits per heavy atom. The zero-order chi connectivity index (χ0) is 38.5. The second-order valence-corrected chi connectivity index (χ2v) is 12.1. The molecule has 4 heterocycles. The number of rotatable bonds is 13. The average Bonchev–Trinajstić information content (AvgIpc) is 3.66. The molecule has 0 radical (unpaired) electrons. The molecule has 11 nitrogen and oxygen atoms in total. The highest BCUT2D eigenvalue weighted by atomic mass is 31.2. The Hall–Kier alpha value is -2.81. The molecule has 2 aromatic rings. The maximum Gasteiger partial charge on any atom is 0.472 e. The summed E-state index contributed by atoms with van der Waals surface area (Å²) in [6.07, 6.45) is -11.3. The van der Waals surface area contributed by atoms with Crippen molar-refractivity contribution in [3.05, 3.63) is 12.7 Å². The fourth-order valence-corrected chi connectivity index (χ4v) is 5.50. The number of phosphoric acid groups is 1. The number of fused-ring (bicyclic) bond motifs is 3. The van der Waals surface area contributed by atoms with Gasteiger partial charge in [0.05, 0.1) is 12.9 Å². The van der Waals surface area contributed by atoms with Crippen LogP contribution in [-0.4, -0.2) is 104 Å². The van der Waals surface area contributed by atoms with Crippen LogP contribution in [0.4, 0.5) is 80.5 Å². The maximum atomic E-state index is 14.7. The summed E-state index contributed by atoms with van der Waals surface area (Å²) in [6, 6.07) is -7.01. The number of imidazole rings is 1. The van der Waals surface area contributed by atoms with Crippen LogP contribution < -0.4 is 5.32 Å². The number of phosphoric ester groups is 1. The Morgan fingerprint density at radius 2 is 1.40 bits per heavy atom. The van der Waals surface area contributed by atoms with Crippen LogP contribution in [0.3, 0.4) is 0 Å². The highest BCUT2D eigenvalue weighted by Crippen LogP contribution is 2.64. The molecule has 0 spiro atoms. The first kappa shape index (κ1) is 40.0. The van der Waals surface area contributed by atoms with Crippen LogP contribution in [0, 0.1) is 0 Å². The normalized spacial score (nSPS) is 25.7. The molecule has 286 valence electrons. The van der Waals surface area contributed by atoms with Gasteiger partial charge in [0, 0.05) is 7.11 Å². The Bertz CT molecular complexity index is 1660. The molecule has 0 aliphatic carbocycles. The second-order valence-electron chi connectivity index (χ2n) is 10.6. The van der Waals surface area contributed by atoms with Gasteiger partial charge in [-0.05, 0) is 6.42 Å². The quantitative estimate of drug-likeness (QED) is 0.133. The van der Waals surface area contributed by atoms with E-state index in [0.717, 1.165) is 11.7 Å². The van der Waals surface area contributed by atoms with Crippen LogP contribution in [0.2, 0.25) is 0 Å². The zero-order valence-corrected chi connectivity index (χ0v) is 24.8. The van der Waals surface area contributed by atoms with Crippen LogP contribution in [0.15, 0.2) is 12.7 Å². The summed E-state index contributed by atoms with van der Waals surface area (Å²) in [4.78, 5) is 19.8. The largest absolute Gasteiger partial charge is 0.472 e. The Balaban J connectivity index is 1.70. The van der Waals surface area contributed by atoms with Gasteiger partial charge >= 0.3 is 55.6 Å². The van der Waals surface area contributed by atoms with E-state index >= 15 is 0 Å². The van der Waals surface area contributed by atoms with Crippen LogP contribution in [0.25, 0.3) is 11.2 Å². The van der Waals surface area contributed by atoms with Gasteiger partial charge in [0.2, 0.25) is 0 Å². The summed E-state index contributed by atoms with van der Waals surface area (Å²) >= 11 is 0. The van der Waals surface area contributed by atoms with Crippen molar-refractivity contribution in [1.82, 2.24) is 19.5 Å². The van der Waals surface area contributed by atoms with Gasteiger partial charge in [-0.2, -0.15) is 74.6 Å². The predicted molar refractivity (Wildman–Crippen MR) is 124 cm³/mol. The summed E-state index contributed by atoms with van der Waals surface area (Å²) in [5.74, 6) is -52.8. The van der Waals surface area contributed by atoms with E-state index in [4.69, 9.17) is 14.0 Å². The minimum absolute atomic E-state index is 0.00176. The molecule has 0 amide bonds. The average molecular weight is 789 g/mol. The van der Waals surface area contributed by atoms with Gasteiger partial charge in [-0.1, -0.05) is 6.92 Å². The Morgan fingerprint density at radius 1 is 0.880 bits per heavy atom. The summed E-state index contributed by atoms with van der Waals surface area (Å²) in [5.41, 5.74) is -3.41. The van der Waals surface area contributed by atoms with Gasteiger partial charge in [0.1, 0.15) is 24.1 Å². The molecule has 4 rings (SSSR count). The van der Waals surface area contributed by atoms with Gasteiger partial charge in [-0.3, -0.25) is 13.6 Å². The lowest BCUT2D eigenvalue weighted by Gasteiger charge is -2.42. The van der Waals surface area contributed by atoms with E-state index in [1.807, 2.05) is 0 Å². The Labute approximate surface area is 264 Å². The summed E-state index contributed by atoms with van der Waals surface area (Å²) in [6.45, 7) is 1.22. The SMILES string of the molecule is CCC12COC(C(n3cnc4c(NC(F)(F)C(F)(F)C(F)(F)C(F)(F)C(F)(F)C(F)(F)C(F)(F)C(F)(F)F)ncnc43)O1)C2OP(=O)(O)OC. The summed E-state index contributed by atoms with van der Waals surface area (Å²) in [7, 11) is -3.94. The van der Waals surface area contributed by atoms with E-state index in [-0.39, 0.29) is 24.7 Å². The van der Waals surface area contributed by atoms with E-state index in [0.29, 0.717) is 6.33 Å². The van der Waals surface area contributed by atoms with E-state index in [2.05, 4.69) is 19.5 Å². The van der Waals surface area contributed by atoms with Gasteiger partial charge < -0.3 is 19.7 Å². The highest BCUT2D eigenvalue weighted by Gasteiger charge is 2.95. The predicted octanol–water partition coefficient (Wildman–Crippen LogP) is 6.41. The number of nitrogens with zero attached hydrogens (tertiary/aromatic N) is 4. The molecule has 2 saturated heterocycles. The molecule has 2 bridgehead atoms. The van der Waals surface area contributed by atoms with E-state index in [1.54, 1.807) is 0 Å². The lowest BCUT2D eigenvalue weighted by molar-refractivity contribution is -0.460. The number of alkyl halides is 17. The molecule has 2 aliphatic rings. The van der Waals surface area contributed by atoms with Crippen molar-refractivity contribution in [2.75, 3.05) is 19.0 Å². The number of hydrogen-bond acceptors (Lipinski definition) is 9. The molecule has 0 aromatic carbocycles. The third-order valence-electron chi connectivity index (χ3n) is 7.68. The lowest BCUT2D eigenvalue weighted by Crippen LogP contribution is -2.75. The van der Waals surface area contributed by atoms with E-state index in [9.17, 15) is 84.1 Å². The first-order valence-corrected chi connectivity index (χ1v) is 14.4. The van der Waals surface area contributed by atoms with Crippen molar-refractivity contribution in [1.29, 1.82) is 0 Å². The third kappa shape index (κ3) is 5.37. The monoisotopic (exact) mass is 789 g/mol. The fraction of sp³-hybridized carbons (Fsp3) is 0.762. The minimum Gasteiger partial charge on any atom is -0.368 e. The molecule has 2 fully saturated rings. The number of halogens is 17. The van der Waals surface area contributed by atoms with Crippen LogP contribution in [0.5, 0.6) is 0 Å². The van der Waals surface area contributed by atoms with Crippen LogP contribution >= 0.6 is 7.82 Å². The van der Waals surface area contributed by atoms with Gasteiger partial charge in [0.15, 0.2) is 23.2 Å². The van der Waals surface area contributed by atoms with Crippen molar-refractivity contribution < 1.29 is 103 Å². The Kier molecular flexibility index (Phi) is 9.27. The van der Waals surface area contributed by atoms with Crippen molar-refractivity contribution in [3.63, 3.8) is 0 Å². The molecule has 2 aliphatic heterocycles. The lowest BCUT2D eigenvalue weighted by atomic mass is 9.90. The number of aromatic nitrogens is 4. The van der Waals surface area contributed by atoms with Crippen molar-refractivity contribution in [2.24, 2.45) is 0 Å². The standard InChI is InChI=1S/C21H17F17N5O6P/c1-3-13-4-47-8(9(13)49-50(44,45)46-2)12(48-13)43-6-41-7-10(39-5-40-11(7)43)42-21(37,38)19(32,33)17(28,29)15(24,25)14(22,23)16(26,27)18(30,31)20(34,35)36/h5-6,8-9,12H,3-4H2,1-2H3,(H,44,45)(H,39,40,42). The van der Waals surface area contributed by atoms with Gasteiger partial charge in [-0.15, -0.1) is 0 Å². The zero-order valence-electron chi connectivity index (χ0n) is 24.0. The molecule has 29 heteroatoms. The van der Waals surface area contributed by atoms with E-state index in [1.165, 1.54) is 6.92 Å². The molecular weight excluding hydrogens is 772 g/mol. The molecule has 0 saturated carbocycles. The number of hydrogen-bond donors (Lipinski definition) is 2. The van der Waals surface area contributed by atoms with Crippen molar-refractivity contribution >= 4 is 24.8 Å². The molecule has 5 unspecified atom stereocenters. The van der Waals surface area contributed by atoms with Crippen LogP contribution in [0.1, 0.15) is 19.6 Å². The maximum absolute atomic E-state index is 14.7. The first-order chi connectivity index (χ1) is 22.3. The summed E-state index contributed by atoms with van der Waals surface area (Å²) < 4.78 is 266. The topological polar surface area (TPSA) is 130 Å². The van der Waals surface area contributed by atoms with Gasteiger partial charge in [0.25, 0.3) is 0 Å².